The molecule has 24 heavy (non-hydrogen) atoms. The van der Waals surface area contributed by atoms with E-state index in [1.165, 1.54) is 0 Å². The van der Waals surface area contributed by atoms with Gasteiger partial charge in [-0.3, -0.25) is 4.79 Å². The Morgan fingerprint density at radius 2 is 1.58 bits per heavy atom. The van der Waals surface area contributed by atoms with Crippen molar-refractivity contribution in [3.63, 3.8) is 0 Å². The van der Waals surface area contributed by atoms with Crippen molar-refractivity contribution in [1.82, 2.24) is 14.9 Å². The lowest BCUT2D eigenvalue weighted by molar-refractivity contribution is -0.129. The topological polar surface area (TPSA) is 61.4 Å². The van der Waals surface area contributed by atoms with Gasteiger partial charge >= 0.3 is 0 Å². The first-order chi connectivity index (χ1) is 10.8. The van der Waals surface area contributed by atoms with Crippen LogP contribution in [0.3, 0.4) is 0 Å². The van der Waals surface area contributed by atoms with E-state index in [9.17, 15) is 4.79 Å². The maximum Gasteiger partial charge on any atom is 0.241 e. The van der Waals surface area contributed by atoms with Crippen molar-refractivity contribution in [2.75, 3.05) is 42.9 Å². The number of benzene rings is 1. The number of halogens is 2. The van der Waals surface area contributed by atoms with Gasteiger partial charge in [0.05, 0.1) is 6.54 Å². The van der Waals surface area contributed by atoms with Crippen molar-refractivity contribution in [3.05, 3.63) is 48.8 Å². The molecule has 1 N–H and O–H groups in total. The van der Waals surface area contributed by atoms with Crippen LogP contribution in [-0.2, 0) is 4.79 Å². The fourth-order valence-electron chi connectivity index (χ4n) is 2.46. The summed E-state index contributed by atoms with van der Waals surface area (Å²) in [5.41, 5.74) is 0.965. The van der Waals surface area contributed by atoms with Gasteiger partial charge in [0.15, 0.2) is 0 Å². The zero-order valence-corrected chi connectivity index (χ0v) is 14.8. The Labute approximate surface area is 154 Å². The number of piperazine rings is 1. The van der Waals surface area contributed by atoms with E-state index in [0.29, 0.717) is 19.6 Å². The van der Waals surface area contributed by atoms with E-state index in [2.05, 4.69) is 20.2 Å². The van der Waals surface area contributed by atoms with Gasteiger partial charge in [-0.1, -0.05) is 18.2 Å². The van der Waals surface area contributed by atoms with Crippen molar-refractivity contribution in [2.45, 2.75) is 0 Å². The van der Waals surface area contributed by atoms with Gasteiger partial charge in [0.25, 0.3) is 0 Å². The lowest BCUT2D eigenvalue weighted by Crippen LogP contribution is -2.50. The number of hydrogen-bond acceptors (Lipinski definition) is 5. The van der Waals surface area contributed by atoms with Crippen LogP contribution in [0, 0.1) is 0 Å². The molecule has 0 radical (unpaired) electrons. The van der Waals surface area contributed by atoms with Gasteiger partial charge in [-0.25, -0.2) is 9.97 Å². The summed E-state index contributed by atoms with van der Waals surface area (Å²) in [4.78, 5) is 24.7. The normalized spacial score (nSPS) is 13.5. The number of anilines is 2. The molecule has 0 aliphatic carbocycles. The summed E-state index contributed by atoms with van der Waals surface area (Å²) in [5.74, 6) is 0.856. The van der Waals surface area contributed by atoms with Gasteiger partial charge in [0.2, 0.25) is 11.9 Å². The summed E-state index contributed by atoms with van der Waals surface area (Å²) in [7, 11) is 0. The zero-order chi connectivity index (χ0) is 15.2. The number of nitrogens with zero attached hydrogens (tertiary/aromatic N) is 4. The van der Waals surface area contributed by atoms with E-state index < -0.39 is 0 Å². The summed E-state index contributed by atoms with van der Waals surface area (Å²) in [6, 6.07) is 11.6. The van der Waals surface area contributed by atoms with E-state index in [1.54, 1.807) is 18.5 Å². The minimum absolute atomic E-state index is 0. The predicted octanol–water partition coefficient (Wildman–Crippen LogP) is 2.08. The largest absolute Gasteiger partial charge is 0.376 e. The van der Waals surface area contributed by atoms with Crippen molar-refractivity contribution in [1.29, 1.82) is 0 Å². The number of amides is 1. The quantitative estimate of drug-likeness (QED) is 0.893. The molecule has 1 aromatic carbocycles. The van der Waals surface area contributed by atoms with Crippen LogP contribution < -0.4 is 10.2 Å². The van der Waals surface area contributed by atoms with Gasteiger partial charge in [-0.2, -0.15) is 0 Å². The minimum Gasteiger partial charge on any atom is -0.376 e. The summed E-state index contributed by atoms with van der Waals surface area (Å²) < 4.78 is 0. The first kappa shape index (κ1) is 20.0. The van der Waals surface area contributed by atoms with Gasteiger partial charge in [0, 0.05) is 44.3 Å². The molecule has 0 atom stereocenters. The number of aromatic nitrogens is 2. The molecule has 1 aliphatic heterocycles. The first-order valence-corrected chi connectivity index (χ1v) is 7.41. The third-order valence-electron chi connectivity index (χ3n) is 3.68. The summed E-state index contributed by atoms with van der Waals surface area (Å²) in [5, 5.41) is 3.16. The van der Waals surface area contributed by atoms with Crippen LogP contribution in [-0.4, -0.2) is 53.5 Å². The Kier molecular flexibility index (Phi) is 8.29. The monoisotopic (exact) mass is 369 g/mol. The van der Waals surface area contributed by atoms with E-state index in [-0.39, 0.29) is 30.7 Å². The second-order valence-electron chi connectivity index (χ2n) is 5.14. The molecular formula is C16H21Cl2N5O. The number of para-hydroxylation sites is 1. The van der Waals surface area contributed by atoms with Crippen LogP contribution in [0.4, 0.5) is 11.6 Å². The molecular weight excluding hydrogens is 349 g/mol. The van der Waals surface area contributed by atoms with E-state index >= 15 is 0 Å². The van der Waals surface area contributed by atoms with Crippen molar-refractivity contribution in [2.24, 2.45) is 0 Å². The highest BCUT2D eigenvalue weighted by Gasteiger charge is 2.21. The average molecular weight is 370 g/mol. The number of carbonyl (C=O) groups is 1. The fourth-order valence-corrected chi connectivity index (χ4v) is 2.46. The Morgan fingerprint density at radius 3 is 2.21 bits per heavy atom. The predicted molar refractivity (Wildman–Crippen MR) is 100 cm³/mol. The molecule has 1 amide bonds. The Morgan fingerprint density at radius 1 is 0.958 bits per heavy atom. The van der Waals surface area contributed by atoms with Gasteiger partial charge in [-0.15, -0.1) is 24.8 Å². The van der Waals surface area contributed by atoms with E-state index in [4.69, 9.17) is 0 Å². The average Bonchev–Trinajstić information content (AvgIpc) is 2.61. The van der Waals surface area contributed by atoms with Crippen LogP contribution in [0.25, 0.3) is 0 Å². The van der Waals surface area contributed by atoms with Gasteiger partial charge in [-0.05, 0) is 18.2 Å². The summed E-state index contributed by atoms with van der Waals surface area (Å²) in [6.07, 6.45) is 3.48. The molecule has 8 heteroatoms. The maximum atomic E-state index is 12.2. The lowest BCUT2D eigenvalue weighted by atomic mass is 10.3. The molecule has 3 rings (SSSR count). The summed E-state index contributed by atoms with van der Waals surface area (Å²) >= 11 is 0. The molecule has 0 bridgehead atoms. The summed E-state index contributed by atoms with van der Waals surface area (Å²) in [6.45, 7) is 3.26. The minimum atomic E-state index is 0. The Balaban J connectivity index is 0.00000144. The van der Waals surface area contributed by atoms with Gasteiger partial charge in [0.1, 0.15) is 0 Å². The Bertz CT molecular complexity index is 606. The fraction of sp³-hybridized carbons (Fsp3) is 0.312. The molecule has 130 valence electrons. The molecule has 1 aliphatic rings. The molecule has 0 saturated carbocycles. The Hall–Kier alpha value is -2.05. The van der Waals surface area contributed by atoms with E-state index in [0.717, 1.165) is 24.7 Å². The third kappa shape index (κ3) is 5.25. The zero-order valence-electron chi connectivity index (χ0n) is 13.2. The van der Waals surface area contributed by atoms with Crippen LogP contribution >= 0.6 is 24.8 Å². The van der Waals surface area contributed by atoms with Crippen LogP contribution in [0.1, 0.15) is 0 Å². The highest BCUT2D eigenvalue weighted by molar-refractivity contribution is 5.85. The van der Waals surface area contributed by atoms with Crippen LogP contribution in [0.15, 0.2) is 48.8 Å². The molecule has 6 nitrogen and oxygen atoms in total. The number of nitrogens with one attached hydrogen (secondary N) is 1. The van der Waals surface area contributed by atoms with Crippen LogP contribution in [0.5, 0.6) is 0 Å². The second-order valence-corrected chi connectivity index (χ2v) is 5.14. The molecule has 2 heterocycles. The van der Waals surface area contributed by atoms with Crippen molar-refractivity contribution < 1.29 is 4.79 Å². The molecule has 1 fully saturated rings. The second kappa shape index (κ2) is 9.95. The number of rotatable bonds is 4. The standard InChI is InChI=1S/C16H19N5O.2ClH/c22-15(13-19-14-5-2-1-3-6-14)20-9-11-21(12-10-20)16-17-7-4-8-18-16;;/h1-8,19H,9-13H2;2*1H. The third-order valence-corrected chi connectivity index (χ3v) is 3.68. The highest BCUT2D eigenvalue weighted by Crippen LogP contribution is 2.10. The highest BCUT2D eigenvalue weighted by atomic mass is 35.5. The molecule has 0 spiro atoms. The molecule has 2 aromatic rings. The molecule has 1 aromatic heterocycles. The molecule has 1 saturated heterocycles. The SMILES string of the molecule is Cl.Cl.O=C(CNc1ccccc1)N1CCN(c2ncccn2)CC1. The van der Waals surface area contributed by atoms with Crippen LogP contribution in [0.2, 0.25) is 0 Å². The smallest absolute Gasteiger partial charge is 0.241 e. The number of carbonyl (C=O) groups excluding carboxylic acids is 1. The molecule has 0 unspecified atom stereocenters. The van der Waals surface area contributed by atoms with Crippen molar-refractivity contribution in [3.8, 4) is 0 Å². The first-order valence-electron chi connectivity index (χ1n) is 7.41. The van der Waals surface area contributed by atoms with Gasteiger partial charge < -0.3 is 15.1 Å². The number of hydrogen-bond donors (Lipinski definition) is 1. The maximum absolute atomic E-state index is 12.2. The van der Waals surface area contributed by atoms with Crippen molar-refractivity contribution >= 4 is 42.4 Å². The van der Waals surface area contributed by atoms with E-state index in [1.807, 2.05) is 35.2 Å². The lowest BCUT2D eigenvalue weighted by Gasteiger charge is -2.34.